The van der Waals surface area contributed by atoms with E-state index in [2.05, 4.69) is 0 Å². The number of carbonyl (C=O) groups is 2. The fourth-order valence-corrected chi connectivity index (χ4v) is 6.22. The predicted octanol–water partition coefficient (Wildman–Crippen LogP) is 5.75. The Hall–Kier alpha value is -4.10. The van der Waals surface area contributed by atoms with Crippen LogP contribution in [-0.4, -0.2) is 101 Å². The second-order valence-corrected chi connectivity index (χ2v) is 12.0. The summed E-state index contributed by atoms with van der Waals surface area (Å²) in [6.45, 7) is 7.33. The van der Waals surface area contributed by atoms with Gasteiger partial charge in [-0.2, -0.15) is 0 Å². The number of ether oxygens (including phenoxy) is 7. The van der Waals surface area contributed by atoms with Gasteiger partial charge < -0.3 is 43.0 Å². The zero-order valence-electron chi connectivity index (χ0n) is 28.6. The van der Waals surface area contributed by atoms with Crippen molar-refractivity contribution in [2.75, 3.05) is 66.8 Å². The Morgan fingerprint density at radius 1 is 0.653 bits per heavy atom. The number of fused-ring (bicyclic) bond motifs is 2. The van der Waals surface area contributed by atoms with Crippen molar-refractivity contribution >= 4 is 33.4 Å². The standard InChI is InChI=1S/C38H44N2O9/c1-25(43-3)47-23-31-29-11-7-5-9-27(29)21-33(35(31)37(41)39-13-17-45-18-14-39)49-34-22-28-10-6-8-12-30(28)32(24-48-26(2)44-4)36(34)38(42)40-15-19-46-20-16-40/h5-12,21-22,25-26H,13-20,23-24H2,1-4H3. The third-order valence-electron chi connectivity index (χ3n) is 9.07. The number of carbonyl (C=O) groups excluding carboxylic acids is 2. The summed E-state index contributed by atoms with van der Waals surface area (Å²) < 4.78 is 41.0. The molecular weight excluding hydrogens is 628 g/mol. The van der Waals surface area contributed by atoms with Crippen molar-refractivity contribution in [2.45, 2.75) is 39.6 Å². The summed E-state index contributed by atoms with van der Waals surface area (Å²) in [5.41, 5.74) is 2.08. The van der Waals surface area contributed by atoms with Crippen LogP contribution in [0.25, 0.3) is 21.5 Å². The molecule has 0 spiro atoms. The van der Waals surface area contributed by atoms with Gasteiger partial charge >= 0.3 is 0 Å². The Balaban J connectivity index is 1.57. The molecule has 2 aliphatic heterocycles. The minimum Gasteiger partial charge on any atom is -0.456 e. The molecule has 0 aromatic heterocycles. The van der Waals surface area contributed by atoms with Crippen LogP contribution >= 0.6 is 0 Å². The highest BCUT2D eigenvalue weighted by Crippen LogP contribution is 2.40. The van der Waals surface area contributed by atoms with Gasteiger partial charge in [0.1, 0.15) is 11.5 Å². The van der Waals surface area contributed by atoms with E-state index in [1.165, 1.54) is 0 Å². The van der Waals surface area contributed by atoms with E-state index in [0.29, 0.717) is 86.4 Å². The molecule has 2 unspecified atom stereocenters. The van der Waals surface area contributed by atoms with Gasteiger partial charge in [0.05, 0.1) is 50.8 Å². The van der Waals surface area contributed by atoms with Crippen LogP contribution in [0.2, 0.25) is 0 Å². The Bertz CT molecular complexity index is 1650. The molecule has 2 saturated heterocycles. The molecule has 0 N–H and O–H groups in total. The lowest BCUT2D eigenvalue weighted by Gasteiger charge is -2.30. The SMILES string of the molecule is COC(C)OCc1c(C(=O)N2CCOCC2)c(Oc2cc3ccccc3c(COC(C)OC)c2C(=O)N2CCOCC2)cc2ccccc12. The molecule has 4 aromatic rings. The van der Waals surface area contributed by atoms with E-state index < -0.39 is 12.6 Å². The molecule has 0 saturated carbocycles. The van der Waals surface area contributed by atoms with E-state index >= 15 is 0 Å². The summed E-state index contributed by atoms with van der Waals surface area (Å²) in [6, 6.07) is 19.4. The Labute approximate surface area is 286 Å². The van der Waals surface area contributed by atoms with Crippen molar-refractivity contribution in [1.82, 2.24) is 9.80 Å². The number of amides is 2. The summed E-state index contributed by atoms with van der Waals surface area (Å²) in [5, 5.41) is 3.44. The normalized spacial score (nSPS) is 16.6. The molecule has 0 aliphatic carbocycles. The third kappa shape index (κ3) is 7.72. The highest BCUT2D eigenvalue weighted by Gasteiger charge is 2.31. The van der Waals surface area contributed by atoms with Crippen LogP contribution in [0.1, 0.15) is 45.7 Å². The zero-order valence-corrected chi connectivity index (χ0v) is 28.6. The Morgan fingerprint density at radius 3 is 1.43 bits per heavy atom. The van der Waals surface area contributed by atoms with E-state index in [1.807, 2.05) is 60.7 Å². The van der Waals surface area contributed by atoms with E-state index in [1.54, 1.807) is 37.9 Å². The van der Waals surface area contributed by atoms with Crippen LogP contribution < -0.4 is 4.74 Å². The van der Waals surface area contributed by atoms with Gasteiger partial charge in [0.25, 0.3) is 11.8 Å². The lowest BCUT2D eigenvalue weighted by molar-refractivity contribution is -0.118. The van der Waals surface area contributed by atoms with Gasteiger partial charge in [0, 0.05) is 51.5 Å². The van der Waals surface area contributed by atoms with Gasteiger partial charge in [-0.25, -0.2) is 0 Å². The molecule has 11 heteroatoms. The molecule has 0 radical (unpaired) electrons. The lowest BCUT2D eigenvalue weighted by Crippen LogP contribution is -2.41. The van der Waals surface area contributed by atoms with E-state index in [-0.39, 0.29) is 25.0 Å². The molecule has 2 heterocycles. The Morgan fingerprint density at radius 2 is 1.04 bits per heavy atom. The van der Waals surface area contributed by atoms with Gasteiger partial charge in [-0.05, 0) is 47.5 Å². The van der Waals surface area contributed by atoms with Crippen molar-refractivity contribution in [1.29, 1.82) is 0 Å². The maximum Gasteiger partial charge on any atom is 0.258 e. The summed E-state index contributed by atoms with van der Waals surface area (Å²) in [4.78, 5) is 32.6. The molecule has 2 fully saturated rings. The quantitative estimate of drug-likeness (QED) is 0.174. The van der Waals surface area contributed by atoms with Gasteiger partial charge in [0.15, 0.2) is 12.6 Å². The maximum atomic E-state index is 14.5. The summed E-state index contributed by atoms with van der Waals surface area (Å²) >= 11 is 0. The van der Waals surface area contributed by atoms with Crippen molar-refractivity contribution < 1.29 is 42.7 Å². The lowest BCUT2D eigenvalue weighted by atomic mass is 9.95. The van der Waals surface area contributed by atoms with Crippen LogP contribution in [0.4, 0.5) is 0 Å². The van der Waals surface area contributed by atoms with Crippen LogP contribution in [0.5, 0.6) is 11.5 Å². The summed E-state index contributed by atoms with van der Waals surface area (Å²) in [6.07, 6.45) is -1.02. The number of methoxy groups -OCH3 is 2. The minimum atomic E-state index is -0.509. The average molecular weight is 673 g/mol. The molecule has 0 bridgehead atoms. The number of nitrogens with zero attached hydrogens (tertiary/aromatic N) is 2. The van der Waals surface area contributed by atoms with E-state index in [0.717, 1.165) is 21.5 Å². The molecule has 2 atom stereocenters. The smallest absolute Gasteiger partial charge is 0.258 e. The van der Waals surface area contributed by atoms with E-state index in [9.17, 15) is 9.59 Å². The van der Waals surface area contributed by atoms with Crippen LogP contribution in [-0.2, 0) is 41.6 Å². The number of benzene rings is 4. The fraction of sp³-hybridized carbons (Fsp3) is 0.421. The number of hydrogen-bond acceptors (Lipinski definition) is 9. The van der Waals surface area contributed by atoms with Crippen molar-refractivity contribution in [3.8, 4) is 11.5 Å². The van der Waals surface area contributed by atoms with Crippen molar-refractivity contribution in [3.63, 3.8) is 0 Å². The van der Waals surface area contributed by atoms with Crippen molar-refractivity contribution in [3.05, 3.63) is 82.9 Å². The van der Waals surface area contributed by atoms with Crippen LogP contribution in [0, 0.1) is 0 Å². The molecular formula is C38H44N2O9. The molecule has 2 aliphatic rings. The largest absolute Gasteiger partial charge is 0.456 e. The maximum absolute atomic E-state index is 14.5. The second kappa shape index (κ2) is 16.1. The van der Waals surface area contributed by atoms with Crippen molar-refractivity contribution in [2.24, 2.45) is 0 Å². The van der Waals surface area contributed by atoms with Gasteiger partial charge in [-0.15, -0.1) is 0 Å². The highest BCUT2D eigenvalue weighted by atomic mass is 16.7. The first-order valence-electron chi connectivity index (χ1n) is 16.7. The van der Waals surface area contributed by atoms with Gasteiger partial charge in [-0.1, -0.05) is 48.5 Å². The molecule has 4 aromatic carbocycles. The average Bonchev–Trinajstić information content (AvgIpc) is 3.15. The van der Waals surface area contributed by atoms with Gasteiger partial charge in [0.2, 0.25) is 0 Å². The molecule has 49 heavy (non-hydrogen) atoms. The first kappa shape index (κ1) is 34.8. The third-order valence-corrected chi connectivity index (χ3v) is 9.07. The minimum absolute atomic E-state index is 0.101. The van der Waals surface area contributed by atoms with Crippen LogP contribution in [0.15, 0.2) is 60.7 Å². The molecule has 11 nitrogen and oxygen atoms in total. The fourth-order valence-electron chi connectivity index (χ4n) is 6.22. The van der Waals surface area contributed by atoms with Gasteiger partial charge in [-0.3, -0.25) is 9.59 Å². The molecule has 6 rings (SSSR count). The first-order valence-corrected chi connectivity index (χ1v) is 16.7. The Kier molecular flexibility index (Phi) is 11.4. The molecule has 2 amide bonds. The summed E-state index contributed by atoms with van der Waals surface area (Å²) in [5.74, 6) is 0.240. The number of hydrogen-bond donors (Lipinski definition) is 0. The van der Waals surface area contributed by atoms with Crippen LogP contribution in [0.3, 0.4) is 0 Å². The predicted molar refractivity (Wildman–Crippen MR) is 184 cm³/mol. The van der Waals surface area contributed by atoms with E-state index in [4.69, 9.17) is 33.2 Å². The molecule has 260 valence electrons. The number of rotatable bonds is 12. The first-order chi connectivity index (χ1) is 23.9. The monoisotopic (exact) mass is 672 g/mol. The zero-order chi connectivity index (χ0) is 34.3. The summed E-state index contributed by atoms with van der Waals surface area (Å²) in [7, 11) is 3.15. The second-order valence-electron chi connectivity index (χ2n) is 12.0. The topological polar surface area (TPSA) is 105 Å². The highest BCUT2D eigenvalue weighted by molar-refractivity contribution is 6.06. The number of morpholine rings is 2.